The van der Waals surface area contributed by atoms with Crippen molar-refractivity contribution in [1.29, 1.82) is 0 Å². The molecule has 14 heteroatoms. The minimum atomic E-state index is -4.63. The molecular weight excluding hydrogens is 643 g/mol. The van der Waals surface area contributed by atoms with E-state index in [2.05, 4.69) is 5.32 Å². The Bertz CT molecular complexity index is 1650. The van der Waals surface area contributed by atoms with Crippen LogP contribution in [0.2, 0.25) is 10.0 Å². The molecule has 0 spiro atoms. The molecule has 0 radical (unpaired) electrons. The van der Waals surface area contributed by atoms with Crippen LogP contribution in [0.4, 0.5) is 11.4 Å². The normalized spacial score (nSPS) is 12.6. The Kier molecular flexibility index (Phi) is 12.2. The number of nitrogens with one attached hydrogen (secondary N) is 1. The van der Waals surface area contributed by atoms with Gasteiger partial charge < -0.3 is 15.0 Å². The number of nitrogens with zero attached hydrogens (tertiary/aromatic N) is 3. The van der Waals surface area contributed by atoms with Gasteiger partial charge in [-0.15, -0.1) is 0 Å². The molecule has 0 aromatic heterocycles. The second-order valence-electron chi connectivity index (χ2n) is 10.4. The summed E-state index contributed by atoms with van der Waals surface area (Å²) in [5.74, 6) is -1.01. The number of carbonyl (C=O) groups excluding carboxylic acids is 2. The zero-order valence-electron chi connectivity index (χ0n) is 25.6. The summed E-state index contributed by atoms with van der Waals surface area (Å²) in [6, 6.07) is 13.4. The number of rotatable bonds is 14. The van der Waals surface area contributed by atoms with Gasteiger partial charge in [0.05, 0.1) is 22.6 Å². The van der Waals surface area contributed by atoms with E-state index in [-0.39, 0.29) is 41.0 Å². The molecule has 0 saturated carbocycles. The van der Waals surface area contributed by atoms with E-state index in [9.17, 15) is 28.1 Å². The van der Waals surface area contributed by atoms with E-state index in [0.29, 0.717) is 17.0 Å². The number of ether oxygens (including phenoxy) is 1. The first-order chi connectivity index (χ1) is 21.2. The lowest BCUT2D eigenvalue weighted by molar-refractivity contribution is -0.385. The summed E-state index contributed by atoms with van der Waals surface area (Å²) in [6.07, 6.45) is 0.898. The molecule has 0 aliphatic heterocycles. The Labute approximate surface area is 273 Å². The summed E-state index contributed by atoms with van der Waals surface area (Å²) >= 11 is 12.3. The summed E-state index contributed by atoms with van der Waals surface area (Å²) in [7, 11) is -3.31. The van der Waals surface area contributed by atoms with Gasteiger partial charge in [0.1, 0.15) is 18.3 Å². The molecule has 45 heavy (non-hydrogen) atoms. The number of amides is 2. The molecule has 0 aliphatic carbocycles. The van der Waals surface area contributed by atoms with Crippen molar-refractivity contribution in [3.8, 4) is 5.75 Å². The minimum Gasteiger partial charge on any atom is -0.495 e. The zero-order chi connectivity index (χ0) is 33.5. The molecule has 0 heterocycles. The molecule has 2 amide bonds. The first-order valence-electron chi connectivity index (χ1n) is 14.2. The maximum absolute atomic E-state index is 14.3. The number of hydrogen-bond acceptors (Lipinski definition) is 7. The van der Waals surface area contributed by atoms with E-state index in [1.54, 1.807) is 31.2 Å². The van der Waals surface area contributed by atoms with Crippen molar-refractivity contribution in [1.82, 2.24) is 10.2 Å². The third-order valence-corrected chi connectivity index (χ3v) is 9.55. The molecule has 3 aromatic carbocycles. The van der Waals surface area contributed by atoms with Crippen LogP contribution in [0.5, 0.6) is 5.75 Å². The largest absolute Gasteiger partial charge is 0.495 e. The topological polar surface area (TPSA) is 139 Å². The molecule has 2 atom stereocenters. The fourth-order valence-electron chi connectivity index (χ4n) is 4.59. The number of methoxy groups -OCH3 is 1. The number of benzene rings is 3. The number of carbonyl (C=O) groups is 2. The van der Waals surface area contributed by atoms with Gasteiger partial charge in [0, 0.05) is 34.3 Å². The maximum atomic E-state index is 14.3. The Morgan fingerprint density at radius 1 is 1.00 bits per heavy atom. The van der Waals surface area contributed by atoms with Gasteiger partial charge in [-0.05, 0) is 68.7 Å². The van der Waals surface area contributed by atoms with Gasteiger partial charge in [-0.3, -0.25) is 24.0 Å². The Hall–Kier alpha value is -3.87. The van der Waals surface area contributed by atoms with Crippen LogP contribution in [0.25, 0.3) is 0 Å². The van der Waals surface area contributed by atoms with Gasteiger partial charge in [0.2, 0.25) is 11.8 Å². The summed E-state index contributed by atoms with van der Waals surface area (Å²) in [4.78, 5) is 39.6. The summed E-state index contributed by atoms with van der Waals surface area (Å²) in [5, 5.41) is 15.2. The highest BCUT2D eigenvalue weighted by molar-refractivity contribution is 7.92. The minimum absolute atomic E-state index is 0.0288. The van der Waals surface area contributed by atoms with Gasteiger partial charge in [-0.25, -0.2) is 8.42 Å². The molecule has 0 aliphatic rings. The third kappa shape index (κ3) is 8.65. The Morgan fingerprint density at radius 2 is 1.64 bits per heavy atom. The molecule has 0 bridgehead atoms. The lowest BCUT2D eigenvalue weighted by Crippen LogP contribution is -2.53. The Balaban J connectivity index is 2.18. The molecule has 3 aromatic rings. The van der Waals surface area contributed by atoms with Crippen molar-refractivity contribution < 1.29 is 27.7 Å². The highest BCUT2D eigenvalue weighted by Gasteiger charge is 2.36. The fraction of sp³-hybridized carbons (Fsp3) is 0.355. The highest BCUT2D eigenvalue weighted by Crippen LogP contribution is 2.36. The van der Waals surface area contributed by atoms with E-state index in [1.807, 2.05) is 13.8 Å². The molecule has 0 saturated heterocycles. The average molecular weight is 680 g/mol. The van der Waals surface area contributed by atoms with Crippen LogP contribution in [-0.2, 0) is 26.2 Å². The van der Waals surface area contributed by atoms with Crippen LogP contribution < -0.4 is 14.4 Å². The predicted octanol–water partition coefficient (Wildman–Crippen LogP) is 6.14. The number of halogens is 2. The number of sulfonamides is 1. The van der Waals surface area contributed by atoms with Crippen molar-refractivity contribution in [3.63, 3.8) is 0 Å². The molecular formula is C31H36Cl2N4O7S. The monoisotopic (exact) mass is 678 g/mol. The maximum Gasteiger partial charge on any atom is 0.273 e. The van der Waals surface area contributed by atoms with Crippen molar-refractivity contribution in [2.24, 2.45) is 0 Å². The lowest BCUT2D eigenvalue weighted by atomic mass is 10.1. The van der Waals surface area contributed by atoms with Gasteiger partial charge >= 0.3 is 0 Å². The van der Waals surface area contributed by atoms with Crippen LogP contribution in [0.15, 0.2) is 65.6 Å². The standard InChI is InChI=1S/C31H36Cl2N4O7S/c1-6-21(4)34-31(39)26(7-2)35(18-22-9-11-23(32)12-10-22)30(38)19-36(28-16-24(33)13-15-29(28)44-5)45(42,43)25-14-8-20(3)27(17-25)37(40)41/h8-17,21,26H,6-7,18-19H2,1-5H3,(H,34,39)/t21-,26+/m1/s1. The van der Waals surface area contributed by atoms with Crippen LogP contribution in [0.1, 0.15) is 44.7 Å². The van der Waals surface area contributed by atoms with Crippen molar-refractivity contribution in [3.05, 3.63) is 92.0 Å². The number of anilines is 1. The summed E-state index contributed by atoms with van der Waals surface area (Å²) < 4.78 is 34.7. The van der Waals surface area contributed by atoms with Crippen molar-refractivity contribution >= 4 is 56.4 Å². The molecule has 242 valence electrons. The lowest BCUT2D eigenvalue weighted by Gasteiger charge is -2.34. The SMILES string of the molecule is CC[C@@H](C)NC(=O)[C@H](CC)N(Cc1ccc(Cl)cc1)C(=O)CN(c1cc(Cl)ccc1OC)S(=O)(=O)c1ccc(C)c([N+](=O)[O-])c1. The molecule has 0 unspecified atom stereocenters. The smallest absolute Gasteiger partial charge is 0.273 e. The Morgan fingerprint density at radius 3 is 2.22 bits per heavy atom. The van der Waals surface area contributed by atoms with Crippen molar-refractivity contribution in [2.75, 3.05) is 18.0 Å². The van der Waals surface area contributed by atoms with Crippen molar-refractivity contribution in [2.45, 2.75) is 64.1 Å². The van der Waals surface area contributed by atoms with E-state index in [4.69, 9.17) is 27.9 Å². The molecule has 0 fully saturated rings. The number of aryl methyl sites for hydroxylation is 1. The molecule has 1 N–H and O–H groups in total. The fourth-order valence-corrected chi connectivity index (χ4v) is 6.32. The number of hydrogen-bond donors (Lipinski definition) is 1. The molecule has 11 nitrogen and oxygen atoms in total. The van der Waals surface area contributed by atoms with Gasteiger partial charge in [-0.1, -0.05) is 55.2 Å². The number of nitro groups is 1. The zero-order valence-corrected chi connectivity index (χ0v) is 27.9. The summed E-state index contributed by atoms with van der Waals surface area (Å²) in [5.41, 5.74) is 0.447. The first kappa shape index (κ1) is 35.6. The summed E-state index contributed by atoms with van der Waals surface area (Å²) in [6.45, 7) is 6.19. The van der Waals surface area contributed by atoms with Gasteiger partial charge in [0.15, 0.2) is 0 Å². The van der Waals surface area contributed by atoms with E-state index < -0.39 is 49.9 Å². The second kappa shape index (κ2) is 15.4. The van der Waals surface area contributed by atoms with Crippen LogP contribution in [-0.4, -0.2) is 55.8 Å². The third-order valence-electron chi connectivity index (χ3n) is 7.31. The number of nitro benzene ring substituents is 1. The molecule has 3 rings (SSSR count). The van der Waals surface area contributed by atoms with Gasteiger partial charge in [0.25, 0.3) is 15.7 Å². The van der Waals surface area contributed by atoms with Crippen LogP contribution in [0, 0.1) is 17.0 Å². The van der Waals surface area contributed by atoms with Gasteiger partial charge in [-0.2, -0.15) is 0 Å². The average Bonchev–Trinajstić information content (AvgIpc) is 3.00. The van der Waals surface area contributed by atoms with E-state index in [1.165, 1.54) is 49.3 Å². The highest BCUT2D eigenvalue weighted by atomic mass is 35.5. The predicted molar refractivity (Wildman–Crippen MR) is 174 cm³/mol. The quantitative estimate of drug-likeness (QED) is 0.160. The first-order valence-corrected chi connectivity index (χ1v) is 16.4. The van der Waals surface area contributed by atoms with Crippen LogP contribution >= 0.6 is 23.2 Å². The van der Waals surface area contributed by atoms with Crippen LogP contribution in [0.3, 0.4) is 0 Å². The second-order valence-corrected chi connectivity index (χ2v) is 13.2. The van der Waals surface area contributed by atoms with E-state index >= 15 is 0 Å². The van der Waals surface area contributed by atoms with E-state index in [0.717, 1.165) is 10.4 Å².